The van der Waals surface area contributed by atoms with Gasteiger partial charge in [-0.1, -0.05) is 50.1 Å². The van der Waals surface area contributed by atoms with Crippen LogP contribution >= 0.6 is 0 Å². The zero-order chi connectivity index (χ0) is 14.4. The Morgan fingerprint density at radius 1 is 1.25 bits per heavy atom. The number of nitrogens with two attached hydrogens (primary N) is 1. The first-order chi connectivity index (χ1) is 9.70. The SMILES string of the molecule is CC1CCCC(C(CN)N(C)CCc2ccccc2)C1. The second-order valence-electron chi connectivity index (χ2n) is 6.55. The van der Waals surface area contributed by atoms with Crippen molar-refractivity contribution in [3.05, 3.63) is 35.9 Å². The van der Waals surface area contributed by atoms with Crippen molar-refractivity contribution in [2.75, 3.05) is 20.1 Å². The molecule has 1 aromatic carbocycles. The number of likely N-dealkylation sites (N-methyl/N-ethyl adjacent to an activating group) is 1. The standard InChI is InChI=1S/C18H30N2/c1-15-7-6-10-17(13-15)18(14-19)20(2)12-11-16-8-4-3-5-9-16/h3-5,8-9,15,17-18H,6-7,10-14,19H2,1-2H3. The maximum atomic E-state index is 6.08. The van der Waals surface area contributed by atoms with E-state index in [4.69, 9.17) is 5.73 Å². The van der Waals surface area contributed by atoms with Crippen LogP contribution in [0.25, 0.3) is 0 Å². The van der Waals surface area contributed by atoms with Gasteiger partial charge in [-0.25, -0.2) is 0 Å². The molecule has 1 aromatic rings. The van der Waals surface area contributed by atoms with Gasteiger partial charge in [0, 0.05) is 19.1 Å². The summed E-state index contributed by atoms with van der Waals surface area (Å²) in [5.74, 6) is 1.68. The van der Waals surface area contributed by atoms with E-state index in [0.29, 0.717) is 6.04 Å². The molecule has 1 aliphatic carbocycles. The lowest BCUT2D eigenvalue weighted by Gasteiger charge is -2.38. The van der Waals surface area contributed by atoms with Crippen LogP contribution in [0.1, 0.15) is 38.2 Å². The van der Waals surface area contributed by atoms with Gasteiger partial charge < -0.3 is 10.6 Å². The average molecular weight is 274 g/mol. The summed E-state index contributed by atoms with van der Waals surface area (Å²) >= 11 is 0. The van der Waals surface area contributed by atoms with E-state index < -0.39 is 0 Å². The molecular weight excluding hydrogens is 244 g/mol. The van der Waals surface area contributed by atoms with Crippen LogP contribution in [-0.4, -0.2) is 31.1 Å². The van der Waals surface area contributed by atoms with Gasteiger partial charge in [0.05, 0.1) is 0 Å². The molecule has 20 heavy (non-hydrogen) atoms. The summed E-state index contributed by atoms with van der Waals surface area (Å²) in [6, 6.07) is 11.3. The third kappa shape index (κ3) is 4.32. The fraction of sp³-hybridized carbons (Fsp3) is 0.667. The van der Waals surface area contributed by atoms with Gasteiger partial charge in [0.2, 0.25) is 0 Å². The first kappa shape index (κ1) is 15.5. The maximum absolute atomic E-state index is 6.08. The third-order valence-corrected chi connectivity index (χ3v) is 4.92. The van der Waals surface area contributed by atoms with Crippen LogP contribution < -0.4 is 5.73 Å². The molecule has 3 atom stereocenters. The molecule has 2 heteroatoms. The van der Waals surface area contributed by atoms with Crippen molar-refractivity contribution in [2.45, 2.75) is 45.1 Å². The number of benzene rings is 1. The largest absolute Gasteiger partial charge is 0.329 e. The highest BCUT2D eigenvalue weighted by Gasteiger charge is 2.28. The van der Waals surface area contributed by atoms with Gasteiger partial charge in [0.1, 0.15) is 0 Å². The fourth-order valence-electron chi connectivity index (χ4n) is 3.68. The van der Waals surface area contributed by atoms with Crippen LogP contribution in [-0.2, 0) is 6.42 Å². The molecule has 0 spiro atoms. The van der Waals surface area contributed by atoms with E-state index >= 15 is 0 Å². The molecule has 0 amide bonds. The summed E-state index contributed by atoms with van der Waals surface area (Å²) in [6.07, 6.45) is 6.63. The van der Waals surface area contributed by atoms with Crippen molar-refractivity contribution in [2.24, 2.45) is 17.6 Å². The van der Waals surface area contributed by atoms with Gasteiger partial charge in [0.25, 0.3) is 0 Å². The van der Waals surface area contributed by atoms with E-state index in [-0.39, 0.29) is 0 Å². The molecule has 0 aromatic heterocycles. The quantitative estimate of drug-likeness (QED) is 0.862. The van der Waals surface area contributed by atoms with Crippen molar-refractivity contribution in [1.29, 1.82) is 0 Å². The van der Waals surface area contributed by atoms with Crippen LogP contribution in [0, 0.1) is 11.8 Å². The van der Waals surface area contributed by atoms with Crippen molar-refractivity contribution < 1.29 is 0 Å². The molecule has 0 aliphatic heterocycles. The lowest BCUT2D eigenvalue weighted by Crippen LogP contribution is -2.45. The normalized spacial score (nSPS) is 24.8. The first-order valence-electron chi connectivity index (χ1n) is 8.15. The highest BCUT2D eigenvalue weighted by atomic mass is 15.1. The fourth-order valence-corrected chi connectivity index (χ4v) is 3.68. The molecule has 1 aliphatic rings. The molecule has 1 fully saturated rings. The minimum Gasteiger partial charge on any atom is -0.329 e. The zero-order valence-electron chi connectivity index (χ0n) is 13.1. The molecule has 0 radical (unpaired) electrons. The summed E-state index contributed by atoms with van der Waals surface area (Å²) in [7, 11) is 2.25. The van der Waals surface area contributed by atoms with Crippen molar-refractivity contribution in [3.8, 4) is 0 Å². The Kier molecular flexibility index (Phi) is 6.06. The number of rotatable bonds is 6. The Labute approximate surface area is 124 Å². The summed E-state index contributed by atoms with van der Waals surface area (Å²) < 4.78 is 0. The Balaban J connectivity index is 1.86. The van der Waals surface area contributed by atoms with Crippen LogP contribution in [0.3, 0.4) is 0 Å². The Hall–Kier alpha value is -0.860. The van der Waals surface area contributed by atoms with Gasteiger partial charge in [0.15, 0.2) is 0 Å². The summed E-state index contributed by atoms with van der Waals surface area (Å²) in [4.78, 5) is 2.50. The molecule has 0 heterocycles. The zero-order valence-corrected chi connectivity index (χ0v) is 13.1. The minimum atomic E-state index is 0.557. The Morgan fingerprint density at radius 2 is 2.00 bits per heavy atom. The first-order valence-corrected chi connectivity index (χ1v) is 8.15. The summed E-state index contributed by atoms with van der Waals surface area (Å²) in [5.41, 5.74) is 7.50. The third-order valence-electron chi connectivity index (χ3n) is 4.92. The van der Waals surface area contributed by atoms with E-state index in [1.165, 1.54) is 31.2 Å². The average Bonchev–Trinajstić information content (AvgIpc) is 2.47. The molecule has 1 saturated carbocycles. The van der Waals surface area contributed by atoms with E-state index in [9.17, 15) is 0 Å². The molecular formula is C18H30N2. The topological polar surface area (TPSA) is 29.3 Å². The number of nitrogens with zero attached hydrogens (tertiary/aromatic N) is 1. The smallest absolute Gasteiger partial charge is 0.0243 e. The minimum absolute atomic E-state index is 0.557. The monoisotopic (exact) mass is 274 g/mol. The second kappa shape index (κ2) is 7.80. The van der Waals surface area contributed by atoms with Crippen molar-refractivity contribution in [1.82, 2.24) is 4.90 Å². The predicted octanol–water partition coefficient (Wildman–Crippen LogP) is 3.31. The van der Waals surface area contributed by atoms with Gasteiger partial charge in [-0.15, -0.1) is 0 Å². The van der Waals surface area contributed by atoms with Crippen molar-refractivity contribution >= 4 is 0 Å². The molecule has 0 saturated heterocycles. The highest BCUT2D eigenvalue weighted by Crippen LogP contribution is 2.32. The van der Waals surface area contributed by atoms with E-state index in [1.807, 2.05) is 0 Å². The summed E-state index contributed by atoms with van der Waals surface area (Å²) in [5, 5.41) is 0. The lowest BCUT2D eigenvalue weighted by molar-refractivity contribution is 0.131. The predicted molar refractivity (Wildman–Crippen MR) is 86.7 cm³/mol. The van der Waals surface area contributed by atoms with Crippen LogP contribution in [0.4, 0.5) is 0 Å². The van der Waals surface area contributed by atoms with E-state index in [2.05, 4.69) is 49.2 Å². The van der Waals surface area contributed by atoms with Gasteiger partial charge in [-0.3, -0.25) is 0 Å². The van der Waals surface area contributed by atoms with Crippen LogP contribution in [0.2, 0.25) is 0 Å². The lowest BCUT2D eigenvalue weighted by atomic mass is 9.78. The van der Waals surface area contributed by atoms with Gasteiger partial charge in [-0.2, -0.15) is 0 Å². The molecule has 112 valence electrons. The van der Waals surface area contributed by atoms with E-state index in [1.54, 1.807) is 0 Å². The molecule has 2 N–H and O–H groups in total. The molecule has 3 unspecified atom stereocenters. The Morgan fingerprint density at radius 3 is 2.65 bits per heavy atom. The van der Waals surface area contributed by atoms with Crippen LogP contribution in [0.5, 0.6) is 0 Å². The molecule has 0 bridgehead atoms. The van der Waals surface area contributed by atoms with Crippen LogP contribution in [0.15, 0.2) is 30.3 Å². The van der Waals surface area contributed by atoms with Gasteiger partial charge >= 0.3 is 0 Å². The number of hydrogen-bond donors (Lipinski definition) is 1. The molecule has 2 rings (SSSR count). The second-order valence-corrected chi connectivity index (χ2v) is 6.55. The van der Waals surface area contributed by atoms with E-state index in [0.717, 1.165) is 31.3 Å². The Bertz CT molecular complexity index is 376. The summed E-state index contributed by atoms with van der Waals surface area (Å²) in [6.45, 7) is 4.29. The number of hydrogen-bond acceptors (Lipinski definition) is 2. The van der Waals surface area contributed by atoms with Gasteiger partial charge in [-0.05, 0) is 43.7 Å². The highest BCUT2D eigenvalue weighted by molar-refractivity contribution is 5.14. The molecule has 2 nitrogen and oxygen atoms in total. The van der Waals surface area contributed by atoms with Crippen molar-refractivity contribution in [3.63, 3.8) is 0 Å². The maximum Gasteiger partial charge on any atom is 0.0243 e.